The Labute approximate surface area is 137 Å². The fourth-order valence-electron chi connectivity index (χ4n) is 3.02. The lowest BCUT2D eigenvalue weighted by atomic mass is 9.76. The Morgan fingerprint density at radius 3 is 2.70 bits per heavy atom. The number of carboxylic acid groups (broad SMARTS) is 1. The van der Waals surface area contributed by atoms with Gasteiger partial charge in [0.2, 0.25) is 0 Å². The summed E-state index contributed by atoms with van der Waals surface area (Å²) in [5.74, 6) is -0.291. The van der Waals surface area contributed by atoms with Crippen LogP contribution in [-0.4, -0.2) is 41.6 Å². The standard InChI is InChI=1S/C18H25NO4/c1-4-10-23-15-7-5-6-14(11-15)16(20)19-9-8-18(12-19,13(2)3)17(21)22/h5-7,11,13H,4,8-10,12H2,1-3H3,(H,21,22). The number of benzene rings is 1. The lowest BCUT2D eigenvalue weighted by Gasteiger charge is -2.28. The van der Waals surface area contributed by atoms with Gasteiger partial charge in [-0.05, 0) is 37.0 Å². The van der Waals surface area contributed by atoms with Crippen molar-refractivity contribution < 1.29 is 19.4 Å². The molecule has 2 rings (SSSR count). The molecule has 23 heavy (non-hydrogen) atoms. The monoisotopic (exact) mass is 319 g/mol. The molecule has 1 heterocycles. The normalized spacial score (nSPS) is 20.8. The van der Waals surface area contributed by atoms with Gasteiger partial charge in [0, 0.05) is 18.7 Å². The van der Waals surface area contributed by atoms with Gasteiger partial charge in [0.1, 0.15) is 5.75 Å². The molecule has 1 aliphatic rings. The first kappa shape index (κ1) is 17.3. The summed E-state index contributed by atoms with van der Waals surface area (Å²) < 4.78 is 5.56. The predicted molar refractivity (Wildman–Crippen MR) is 87.7 cm³/mol. The summed E-state index contributed by atoms with van der Waals surface area (Å²) in [6.45, 7) is 7.18. The van der Waals surface area contributed by atoms with E-state index in [9.17, 15) is 14.7 Å². The van der Waals surface area contributed by atoms with Crippen molar-refractivity contribution in [3.8, 4) is 5.75 Å². The second-order valence-electron chi connectivity index (χ2n) is 6.47. The van der Waals surface area contributed by atoms with Gasteiger partial charge >= 0.3 is 5.97 Å². The molecule has 5 nitrogen and oxygen atoms in total. The van der Waals surface area contributed by atoms with Crippen LogP contribution in [0.15, 0.2) is 24.3 Å². The molecule has 1 fully saturated rings. The molecule has 1 aromatic carbocycles. The Morgan fingerprint density at radius 2 is 2.13 bits per heavy atom. The number of aliphatic carboxylic acids is 1. The van der Waals surface area contributed by atoms with Gasteiger partial charge in [-0.1, -0.05) is 26.8 Å². The quantitative estimate of drug-likeness (QED) is 0.875. The van der Waals surface area contributed by atoms with Gasteiger partial charge in [0.15, 0.2) is 0 Å². The van der Waals surface area contributed by atoms with E-state index < -0.39 is 11.4 Å². The van der Waals surface area contributed by atoms with Crippen molar-refractivity contribution in [2.24, 2.45) is 11.3 Å². The predicted octanol–water partition coefficient (Wildman–Crippen LogP) is 3.05. The average molecular weight is 319 g/mol. The van der Waals surface area contributed by atoms with E-state index in [1.807, 2.05) is 26.8 Å². The number of carbonyl (C=O) groups is 2. The molecule has 1 aliphatic heterocycles. The second-order valence-corrected chi connectivity index (χ2v) is 6.47. The Balaban J connectivity index is 2.14. The first-order valence-corrected chi connectivity index (χ1v) is 8.16. The van der Waals surface area contributed by atoms with Gasteiger partial charge in [0.25, 0.3) is 5.91 Å². The van der Waals surface area contributed by atoms with Crippen LogP contribution in [0.25, 0.3) is 0 Å². The number of likely N-dealkylation sites (tertiary alicyclic amines) is 1. The third-order valence-corrected chi connectivity index (χ3v) is 4.67. The molecule has 1 atom stereocenters. The van der Waals surface area contributed by atoms with Gasteiger partial charge < -0.3 is 14.7 Å². The number of ether oxygens (including phenoxy) is 1. The Morgan fingerprint density at radius 1 is 1.39 bits per heavy atom. The molecule has 1 amide bonds. The SMILES string of the molecule is CCCOc1cccc(C(=O)N2CCC(C(=O)O)(C(C)C)C2)c1. The van der Waals surface area contributed by atoms with Crippen LogP contribution in [0.3, 0.4) is 0 Å². The smallest absolute Gasteiger partial charge is 0.311 e. The van der Waals surface area contributed by atoms with E-state index >= 15 is 0 Å². The van der Waals surface area contributed by atoms with Crippen molar-refractivity contribution in [1.82, 2.24) is 4.90 Å². The van der Waals surface area contributed by atoms with Gasteiger partial charge in [-0.15, -0.1) is 0 Å². The Hall–Kier alpha value is -2.04. The van der Waals surface area contributed by atoms with Crippen LogP contribution in [0.4, 0.5) is 0 Å². The third kappa shape index (κ3) is 3.49. The summed E-state index contributed by atoms with van der Waals surface area (Å²) in [6.07, 6.45) is 1.40. The van der Waals surface area contributed by atoms with E-state index in [1.165, 1.54) is 0 Å². The average Bonchev–Trinajstić information content (AvgIpc) is 2.99. The number of rotatable bonds is 6. The van der Waals surface area contributed by atoms with Crippen LogP contribution in [-0.2, 0) is 4.79 Å². The van der Waals surface area contributed by atoms with Crippen LogP contribution in [0, 0.1) is 11.3 Å². The molecule has 1 unspecified atom stereocenters. The highest BCUT2D eigenvalue weighted by atomic mass is 16.5. The largest absolute Gasteiger partial charge is 0.494 e. The van der Waals surface area contributed by atoms with Crippen molar-refractivity contribution in [2.75, 3.05) is 19.7 Å². The molecule has 0 bridgehead atoms. The fourth-order valence-corrected chi connectivity index (χ4v) is 3.02. The van der Waals surface area contributed by atoms with E-state index in [0.29, 0.717) is 30.9 Å². The summed E-state index contributed by atoms with van der Waals surface area (Å²) in [5, 5.41) is 9.59. The minimum atomic E-state index is -0.841. The number of carbonyl (C=O) groups excluding carboxylic acids is 1. The summed E-state index contributed by atoms with van der Waals surface area (Å²) in [5.41, 5.74) is -0.296. The molecule has 0 spiro atoms. The minimum absolute atomic E-state index is 0.0166. The van der Waals surface area contributed by atoms with Crippen molar-refractivity contribution in [2.45, 2.75) is 33.6 Å². The zero-order valence-electron chi connectivity index (χ0n) is 14.0. The molecule has 0 radical (unpaired) electrons. The number of hydrogen-bond donors (Lipinski definition) is 1. The van der Waals surface area contributed by atoms with Crippen molar-refractivity contribution >= 4 is 11.9 Å². The molecule has 0 saturated carbocycles. The summed E-state index contributed by atoms with van der Waals surface area (Å²) >= 11 is 0. The second kappa shape index (κ2) is 7.02. The first-order valence-electron chi connectivity index (χ1n) is 8.16. The van der Waals surface area contributed by atoms with Crippen molar-refractivity contribution in [1.29, 1.82) is 0 Å². The maximum Gasteiger partial charge on any atom is 0.311 e. The highest BCUT2D eigenvalue weighted by molar-refractivity contribution is 5.95. The maximum absolute atomic E-state index is 12.7. The van der Waals surface area contributed by atoms with Gasteiger partial charge in [0.05, 0.1) is 12.0 Å². The minimum Gasteiger partial charge on any atom is -0.494 e. The van der Waals surface area contributed by atoms with Crippen LogP contribution < -0.4 is 4.74 Å². The van der Waals surface area contributed by atoms with Gasteiger partial charge in [-0.3, -0.25) is 9.59 Å². The molecule has 1 saturated heterocycles. The molecule has 0 aliphatic carbocycles. The van der Waals surface area contributed by atoms with Crippen LogP contribution in [0.2, 0.25) is 0 Å². The lowest BCUT2D eigenvalue weighted by molar-refractivity contribution is -0.150. The van der Waals surface area contributed by atoms with E-state index in [4.69, 9.17) is 4.74 Å². The Kier molecular flexibility index (Phi) is 5.29. The first-order chi connectivity index (χ1) is 10.9. The number of nitrogens with zero attached hydrogens (tertiary/aromatic N) is 1. The molecule has 1 aromatic rings. The Bertz CT molecular complexity index is 584. The number of hydrogen-bond acceptors (Lipinski definition) is 3. The lowest BCUT2D eigenvalue weighted by Crippen LogP contribution is -2.40. The van der Waals surface area contributed by atoms with Crippen LogP contribution in [0.5, 0.6) is 5.75 Å². The van der Waals surface area contributed by atoms with Crippen molar-refractivity contribution in [3.05, 3.63) is 29.8 Å². The topological polar surface area (TPSA) is 66.8 Å². The van der Waals surface area contributed by atoms with Crippen molar-refractivity contribution in [3.63, 3.8) is 0 Å². The van der Waals surface area contributed by atoms with E-state index in [-0.39, 0.29) is 18.4 Å². The zero-order chi connectivity index (χ0) is 17.0. The van der Waals surface area contributed by atoms with Gasteiger partial charge in [-0.25, -0.2) is 0 Å². The summed E-state index contributed by atoms with van der Waals surface area (Å²) in [6, 6.07) is 7.10. The molecule has 0 aromatic heterocycles. The molecule has 126 valence electrons. The fraction of sp³-hybridized carbons (Fsp3) is 0.556. The van der Waals surface area contributed by atoms with E-state index in [2.05, 4.69) is 0 Å². The number of carboxylic acids is 1. The molecular weight excluding hydrogens is 294 g/mol. The molecule has 1 N–H and O–H groups in total. The highest BCUT2D eigenvalue weighted by Crippen LogP contribution is 2.38. The summed E-state index contributed by atoms with van der Waals surface area (Å²) in [4.78, 5) is 26.0. The zero-order valence-corrected chi connectivity index (χ0v) is 14.0. The molecule has 5 heteroatoms. The van der Waals surface area contributed by atoms with E-state index in [1.54, 1.807) is 23.1 Å². The van der Waals surface area contributed by atoms with Crippen LogP contribution in [0.1, 0.15) is 44.0 Å². The van der Waals surface area contributed by atoms with Crippen LogP contribution >= 0.6 is 0 Å². The highest BCUT2D eigenvalue weighted by Gasteiger charge is 2.48. The third-order valence-electron chi connectivity index (χ3n) is 4.67. The maximum atomic E-state index is 12.7. The van der Waals surface area contributed by atoms with Gasteiger partial charge in [-0.2, -0.15) is 0 Å². The van der Waals surface area contributed by atoms with E-state index in [0.717, 1.165) is 6.42 Å². The molecular formula is C18H25NO4. The summed E-state index contributed by atoms with van der Waals surface area (Å²) in [7, 11) is 0. The number of amides is 1.